The molecule has 2 aromatic rings. The smallest absolute Gasteiger partial charge is 0.256 e. The summed E-state index contributed by atoms with van der Waals surface area (Å²) in [5.74, 6) is -2.19. The second-order valence-electron chi connectivity index (χ2n) is 4.88. The average molecular weight is 291 g/mol. The van der Waals surface area contributed by atoms with Crippen molar-refractivity contribution in [2.24, 2.45) is 0 Å². The SMILES string of the molecule is Cc1nc2c(c(=O)[nH]1)[C@@H](c1ccc(F)cc1F)CC(=O)N2. The maximum absolute atomic E-state index is 14.0. The molecule has 1 aromatic heterocycles. The van der Waals surface area contributed by atoms with Crippen molar-refractivity contribution in [1.82, 2.24) is 9.97 Å². The molecule has 1 amide bonds. The number of rotatable bonds is 1. The van der Waals surface area contributed by atoms with E-state index in [-0.39, 0.29) is 29.3 Å². The standard InChI is InChI=1S/C14H11F2N3O2/c1-6-17-13-12(14(21)18-6)9(5-11(20)19-13)8-3-2-7(15)4-10(8)16/h2-4,9H,5H2,1H3,(H2,17,18,19,20,21)/t9-/m1/s1. The Morgan fingerprint density at radius 3 is 2.76 bits per heavy atom. The van der Waals surface area contributed by atoms with Gasteiger partial charge in [0, 0.05) is 18.4 Å². The molecular formula is C14H11F2N3O2. The molecule has 5 nitrogen and oxygen atoms in total. The molecule has 7 heteroatoms. The van der Waals surface area contributed by atoms with Crippen molar-refractivity contribution in [2.45, 2.75) is 19.3 Å². The Labute approximate surface area is 118 Å². The number of benzene rings is 1. The van der Waals surface area contributed by atoms with Gasteiger partial charge in [-0.15, -0.1) is 0 Å². The molecule has 1 atom stereocenters. The number of amides is 1. The van der Waals surface area contributed by atoms with E-state index < -0.39 is 23.1 Å². The normalized spacial score (nSPS) is 17.3. The summed E-state index contributed by atoms with van der Waals surface area (Å²) >= 11 is 0. The third kappa shape index (κ3) is 2.31. The first-order chi connectivity index (χ1) is 9.95. The van der Waals surface area contributed by atoms with Crippen LogP contribution in [0.2, 0.25) is 0 Å². The molecular weight excluding hydrogens is 280 g/mol. The molecule has 0 fully saturated rings. The van der Waals surface area contributed by atoms with E-state index in [2.05, 4.69) is 15.3 Å². The van der Waals surface area contributed by atoms with Crippen LogP contribution in [0.15, 0.2) is 23.0 Å². The molecule has 1 aliphatic rings. The van der Waals surface area contributed by atoms with Crippen molar-refractivity contribution < 1.29 is 13.6 Å². The first-order valence-corrected chi connectivity index (χ1v) is 6.31. The highest BCUT2D eigenvalue weighted by Gasteiger charge is 2.32. The number of halogens is 2. The van der Waals surface area contributed by atoms with Gasteiger partial charge in [0.2, 0.25) is 5.91 Å². The van der Waals surface area contributed by atoms with Crippen LogP contribution in [0.3, 0.4) is 0 Å². The van der Waals surface area contributed by atoms with Crippen molar-refractivity contribution in [2.75, 3.05) is 5.32 Å². The lowest BCUT2D eigenvalue weighted by Crippen LogP contribution is -2.31. The van der Waals surface area contributed by atoms with Crippen LogP contribution in [0.4, 0.5) is 14.6 Å². The lowest BCUT2D eigenvalue weighted by Gasteiger charge is -2.24. The monoisotopic (exact) mass is 291 g/mol. The average Bonchev–Trinajstić information content (AvgIpc) is 2.36. The molecule has 0 saturated heterocycles. The van der Waals surface area contributed by atoms with E-state index in [1.165, 1.54) is 6.07 Å². The first kappa shape index (κ1) is 13.4. The zero-order valence-corrected chi connectivity index (χ0v) is 11.0. The molecule has 2 heterocycles. The number of nitrogens with zero attached hydrogens (tertiary/aromatic N) is 1. The zero-order chi connectivity index (χ0) is 15.1. The van der Waals surface area contributed by atoms with Crippen LogP contribution in [0.1, 0.15) is 29.3 Å². The summed E-state index contributed by atoms with van der Waals surface area (Å²) in [6.07, 6.45) is -0.0939. The largest absolute Gasteiger partial charge is 0.310 e. The Morgan fingerprint density at radius 2 is 2.05 bits per heavy atom. The molecule has 0 saturated carbocycles. The van der Waals surface area contributed by atoms with Crippen LogP contribution in [0, 0.1) is 18.6 Å². The predicted octanol–water partition coefficient (Wildman–Crippen LogP) is 1.83. The minimum atomic E-state index is -0.791. The highest BCUT2D eigenvalue weighted by atomic mass is 19.1. The second kappa shape index (κ2) is 4.76. The van der Waals surface area contributed by atoms with Crippen LogP contribution in [-0.2, 0) is 4.79 Å². The maximum Gasteiger partial charge on any atom is 0.256 e. The highest BCUT2D eigenvalue weighted by Crippen LogP contribution is 2.34. The van der Waals surface area contributed by atoms with Crippen molar-refractivity contribution in [3.8, 4) is 0 Å². The molecule has 0 radical (unpaired) electrons. The maximum atomic E-state index is 14.0. The summed E-state index contributed by atoms with van der Waals surface area (Å²) < 4.78 is 27.0. The van der Waals surface area contributed by atoms with Gasteiger partial charge in [0.25, 0.3) is 5.56 Å². The topological polar surface area (TPSA) is 74.8 Å². The van der Waals surface area contributed by atoms with Crippen LogP contribution in [0.5, 0.6) is 0 Å². The van der Waals surface area contributed by atoms with Crippen LogP contribution in [0.25, 0.3) is 0 Å². The van der Waals surface area contributed by atoms with Gasteiger partial charge in [-0.1, -0.05) is 6.07 Å². The second-order valence-corrected chi connectivity index (χ2v) is 4.88. The fourth-order valence-corrected chi connectivity index (χ4v) is 2.53. The number of anilines is 1. The quantitative estimate of drug-likeness (QED) is 0.841. The van der Waals surface area contributed by atoms with E-state index in [4.69, 9.17) is 0 Å². The van der Waals surface area contributed by atoms with Gasteiger partial charge >= 0.3 is 0 Å². The minimum absolute atomic E-state index is 0.0939. The third-order valence-corrected chi connectivity index (χ3v) is 3.41. The number of aryl methyl sites for hydroxylation is 1. The highest BCUT2D eigenvalue weighted by molar-refractivity contribution is 5.94. The molecule has 0 spiro atoms. The predicted molar refractivity (Wildman–Crippen MR) is 71.0 cm³/mol. The number of fused-ring (bicyclic) bond motifs is 1. The molecule has 0 aliphatic carbocycles. The molecule has 0 bridgehead atoms. The minimum Gasteiger partial charge on any atom is -0.310 e. The van der Waals surface area contributed by atoms with Gasteiger partial charge in [-0.3, -0.25) is 9.59 Å². The first-order valence-electron chi connectivity index (χ1n) is 6.31. The lowest BCUT2D eigenvalue weighted by molar-refractivity contribution is -0.116. The van der Waals surface area contributed by atoms with E-state index in [9.17, 15) is 18.4 Å². The lowest BCUT2D eigenvalue weighted by atomic mass is 9.86. The number of hydrogen-bond donors (Lipinski definition) is 2. The van der Waals surface area contributed by atoms with Crippen molar-refractivity contribution >= 4 is 11.7 Å². The zero-order valence-electron chi connectivity index (χ0n) is 11.0. The number of carbonyl (C=O) groups is 1. The van der Waals surface area contributed by atoms with Crippen LogP contribution in [-0.4, -0.2) is 15.9 Å². The van der Waals surface area contributed by atoms with Crippen LogP contribution >= 0.6 is 0 Å². The Morgan fingerprint density at radius 1 is 1.29 bits per heavy atom. The van der Waals surface area contributed by atoms with Gasteiger partial charge in [-0.05, 0) is 18.6 Å². The van der Waals surface area contributed by atoms with Gasteiger partial charge < -0.3 is 10.3 Å². The summed E-state index contributed by atoms with van der Waals surface area (Å²) in [6.45, 7) is 1.58. The van der Waals surface area contributed by atoms with E-state index in [0.717, 1.165) is 12.1 Å². The Bertz CT molecular complexity index is 801. The van der Waals surface area contributed by atoms with Crippen molar-refractivity contribution in [1.29, 1.82) is 0 Å². The summed E-state index contributed by atoms with van der Waals surface area (Å²) in [5, 5.41) is 2.51. The Hall–Kier alpha value is -2.57. The molecule has 1 aromatic carbocycles. The molecule has 3 rings (SSSR count). The number of carbonyl (C=O) groups excluding carboxylic acids is 1. The third-order valence-electron chi connectivity index (χ3n) is 3.41. The number of hydrogen-bond acceptors (Lipinski definition) is 3. The van der Waals surface area contributed by atoms with Crippen molar-refractivity contribution in [3.63, 3.8) is 0 Å². The fraction of sp³-hybridized carbons (Fsp3) is 0.214. The van der Waals surface area contributed by atoms with Crippen molar-refractivity contribution in [3.05, 3.63) is 57.1 Å². The van der Waals surface area contributed by atoms with E-state index in [1.807, 2.05) is 0 Å². The summed E-state index contributed by atoms with van der Waals surface area (Å²) in [7, 11) is 0. The molecule has 108 valence electrons. The Balaban J connectivity index is 2.22. The number of aromatic nitrogens is 2. The molecule has 21 heavy (non-hydrogen) atoms. The van der Waals surface area contributed by atoms with E-state index in [0.29, 0.717) is 5.82 Å². The molecule has 1 aliphatic heterocycles. The summed E-state index contributed by atoms with van der Waals surface area (Å²) in [6, 6.07) is 3.08. The summed E-state index contributed by atoms with van der Waals surface area (Å²) in [5.41, 5.74) is -0.152. The fourth-order valence-electron chi connectivity index (χ4n) is 2.53. The van der Waals surface area contributed by atoms with Crippen LogP contribution < -0.4 is 10.9 Å². The molecule has 2 N–H and O–H groups in total. The Kier molecular flexibility index (Phi) is 3.04. The van der Waals surface area contributed by atoms with E-state index >= 15 is 0 Å². The number of nitrogens with one attached hydrogen (secondary N) is 2. The van der Waals surface area contributed by atoms with Gasteiger partial charge in [0.05, 0.1) is 5.56 Å². The molecule has 0 unspecified atom stereocenters. The summed E-state index contributed by atoms with van der Waals surface area (Å²) in [4.78, 5) is 30.5. The van der Waals surface area contributed by atoms with Gasteiger partial charge in [0.1, 0.15) is 23.3 Å². The van der Waals surface area contributed by atoms with Gasteiger partial charge in [-0.2, -0.15) is 0 Å². The van der Waals surface area contributed by atoms with Gasteiger partial charge in [0.15, 0.2) is 0 Å². The number of H-pyrrole nitrogens is 1. The van der Waals surface area contributed by atoms with Gasteiger partial charge in [-0.25, -0.2) is 13.8 Å². The van der Waals surface area contributed by atoms with E-state index in [1.54, 1.807) is 6.92 Å². The number of aromatic amines is 1.